The predicted octanol–water partition coefficient (Wildman–Crippen LogP) is 3.47. The van der Waals surface area contributed by atoms with E-state index in [1.54, 1.807) is 23.1 Å². The van der Waals surface area contributed by atoms with E-state index in [0.29, 0.717) is 25.4 Å². The van der Waals surface area contributed by atoms with Crippen molar-refractivity contribution in [1.82, 2.24) is 10.2 Å². The van der Waals surface area contributed by atoms with Crippen molar-refractivity contribution in [1.29, 1.82) is 0 Å². The van der Waals surface area contributed by atoms with Crippen LogP contribution in [0, 0.1) is 5.92 Å². The maximum absolute atomic E-state index is 12.8. The van der Waals surface area contributed by atoms with Gasteiger partial charge < -0.3 is 15.3 Å². The first-order chi connectivity index (χ1) is 12.7. The number of rotatable bonds is 4. The van der Waals surface area contributed by atoms with Gasteiger partial charge in [-0.2, -0.15) is 0 Å². The lowest BCUT2D eigenvalue weighted by atomic mass is 9.91. The zero-order valence-electron chi connectivity index (χ0n) is 15.5. The average Bonchev–Trinajstić information content (AvgIpc) is 3.10. The van der Waals surface area contributed by atoms with Gasteiger partial charge in [0.05, 0.1) is 5.56 Å². The lowest BCUT2D eigenvalue weighted by Gasteiger charge is -2.26. The van der Waals surface area contributed by atoms with Gasteiger partial charge in [-0.05, 0) is 43.7 Å². The van der Waals surface area contributed by atoms with E-state index in [2.05, 4.69) is 5.32 Å². The summed E-state index contributed by atoms with van der Waals surface area (Å²) in [5, 5.41) is 13.0. The molecule has 1 atom stereocenters. The number of phenolic OH excluding ortho intramolecular Hbond substituents is 1. The maximum Gasteiger partial charge on any atom is 0.258 e. The van der Waals surface area contributed by atoms with Crippen molar-refractivity contribution in [2.24, 2.45) is 5.92 Å². The molecular weight excluding hydrogens is 328 g/mol. The number of likely N-dealkylation sites (tertiary alicyclic amines) is 1. The topological polar surface area (TPSA) is 69.6 Å². The van der Waals surface area contributed by atoms with Gasteiger partial charge in [-0.25, -0.2) is 0 Å². The molecule has 1 aromatic rings. The molecule has 1 heterocycles. The van der Waals surface area contributed by atoms with Gasteiger partial charge in [-0.15, -0.1) is 0 Å². The predicted molar refractivity (Wildman–Crippen MR) is 101 cm³/mol. The Morgan fingerprint density at radius 1 is 1.00 bits per heavy atom. The molecule has 142 valence electrons. The minimum absolute atomic E-state index is 0.0296. The van der Waals surface area contributed by atoms with E-state index in [4.69, 9.17) is 0 Å². The summed E-state index contributed by atoms with van der Waals surface area (Å²) in [7, 11) is 0. The molecule has 1 aliphatic heterocycles. The molecule has 2 aliphatic rings. The van der Waals surface area contributed by atoms with Crippen LogP contribution in [0.15, 0.2) is 24.3 Å². The van der Waals surface area contributed by atoms with Gasteiger partial charge in [-0.1, -0.05) is 44.2 Å². The number of hydrogen-bond donors (Lipinski definition) is 2. The normalized spacial score (nSPS) is 21.8. The van der Waals surface area contributed by atoms with Gasteiger partial charge in [0.1, 0.15) is 11.8 Å². The maximum atomic E-state index is 12.8. The lowest BCUT2D eigenvalue weighted by molar-refractivity contribution is -0.125. The molecular formula is C21H30N2O3. The second-order valence-corrected chi connectivity index (χ2v) is 7.63. The first-order valence-electron chi connectivity index (χ1n) is 10.0. The van der Waals surface area contributed by atoms with Gasteiger partial charge in [0.25, 0.3) is 5.91 Å². The van der Waals surface area contributed by atoms with Crippen LogP contribution in [0.3, 0.4) is 0 Å². The highest BCUT2D eigenvalue weighted by Crippen LogP contribution is 2.25. The first-order valence-corrected chi connectivity index (χ1v) is 10.0. The minimum atomic E-state index is -0.421. The van der Waals surface area contributed by atoms with Crippen LogP contribution >= 0.6 is 0 Å². The number of nitrogens with one attached hydrogen (secondary N) is 1. The summed E-state index contributed by atoms with van der Waals surface area (Å²) in [6, 6.07) is 6.12. The van der Waals surface area contributed by atoms with E-state index in [0.717, 1.165) is 6.42 Å². The number of aromatic hydroxyl groups is 1. The van der Waals surface area contributed by atoms with Crippen molar-refractivity contribution in [3.63, 3.8) is 0 Å². The Kier molecular flexibility index (Phi) is 6.53. The quantitative estimate of drug-likeness (QED) is 0.866. The number of carbonyl (C=O) groups is 2. The molecule has 1 aromatic carbocycles. The number of nitrogens with zero attached hydrogens (tertiary/aromatic N) is 1. The van der Waals surface area contributed by atoms with E-state index in [9.17, 15) is 14.7 Å². The number of hydrogen-bond acceptors (Lipinski definition) is 3. The summed E-state index contributed by atoms with van der Waals surface area (Å²) < 4.78 is 0. The van der Waals surface area contributed by atoms with E-state index in [1.165, 1.54) is 51.0 Å². The van der Waals surface area contributed by atoms with Gasteiger partial charge in [0.15, 0.2) is 0 Å². The van der Waals surface area contributed by atoms with Crippen molar-refractivity contribution < 1.29 is 14.7 Å². The van der Waals surface area contributed by atoms with Gasteiger partial charge in [-0.3, -0.25) is 9.59 Å². The molecule has 2 amide bonds. The standard InChI is InChI=1S/C21H30N2O3/c24-19-13-7-6-11-17(19)21(26)23-14-8-12-18(23)20(25)22-15-16-9-4-2-1-3-5-10-16/h6-7,11,13,16,18,24H,1-5,8-10,12,14-15H2,(H,22,25)/t18-/m1/s1. The third-order valence-electron chi connectivity index (χ3n) is 5.74. The van der Waals surface area contributed by atoms with Gasteiger partial charge in [0.2, 0.25) is 5.91 Å². The molecule has 5 heteroatoms. The molecule has 2 N–H and O–H groups in total. The molecule has 26 heavy (non-hydrogen) atoms. The summed E-state index contributed by atoms with van der Waals surface area (Å²) in [6.07, 6.45) is 10.3. The fraction of sp³-hybridized carbons (Fsp3) is 0.619. The zero-order chi connectivity index (χ0) is 18.4. The third kappa shape index (κ3) is 4.57. The SMILES string of the molecule is O=C(NCC1CCCCCCC1)[C@H]1CCCN1C(=O)c1ccccc1O. The van der Waals surface area contributed by atoms with Gasteiger partial charge in [0, 0.05) is 13.1 Å². The molecule has 0 spiro atoms. The Morgan fingerprint density at radius 2 is 1.69 bits per heavy atom. The molecule has 3 rings (SSSR count). The highest BCUT2D eigenvalue weighted by molar-refractivity contribution is 5.99. The smallest absolute Gasteiger partial charge is 0.258 e. The number of carbonyl (C=O) groups excluding carboxylic acids is 2. The number of benzene rings is 1. The van der Waals surface area contributed by atoms with Crippen LogP contribution in [-0.4, -0.2) is 41.0 Å². The molecule has 5 nitrogen and oxygen atoms in total. The monoisotopic (exact) mass is 358 g/mol. The Balaban J connectivity index is 1.57. The molecule has 0 radical (unpaired) electrons. The molecule has 0 unspecified atom stereocenters. The average molecular weight is 358 g/mol. The van der Waals surface area contributed by atoms with Crippen molar-refractivity contribution in [2.45, 2.75) is 63.8 Å². The Bertz CT molecular complexity index is 623. The minimum Gasteiger partial charge on any atom is -0.507 e. The zero-order valence-corrected chi connectivity index (χ0v) is 15.5. The van der Waals surface area contributed by atoms with E-state index in [1.807, 2.05) is 0 Å². The molecule has 0 aromatic heterocycles. The van der Waals surface area contributed by atoms with Crippen LogP contribution in [0.2, 0.25) is 0 Å². The second kappa shape index (κ2) is 9.06. The molecule has 1 saturated heterocycles. The Labute approximate surface area is 155 Å². The van der Waals surface area contributed by atoms with Crippen LogP contribution in [0.1, 0.15) is 68.1 Å². The lowest BCUT2D eigenvalue weighted by Crippen LogP contribution is -2.47. The Hall–Kier alpha value is -2.04. The second-order valence-electron chi connectivity index (χ2n) is 7.63. The van der Waals surface area contributed by atoms with Crippen LogP contribution in [0.5, 0.6) is 5.75 Å². The number of amides is 2. The van der Waals surface area contributed by atoms with E-state index in [-0.39, 0.29) is 23.1 Å². The summed E-state index contributed by atoms with van der Waals surface area (Å²) in [5.74, 6) is 0.223. The van der Waals surface area contributed by atoms with Crippen LogP contribution in [-0.2, 0) is 4.79 Å². The van der Waals surface area contributed by atoms with Crippen molar-refractivity contribution in [2.75, 3.05) is 13.1 Å². The fourth-order valence-corrected chi connectivity index (χ4v) is 4.20. The van der Waals surface area contributed by atoms with E-state index < -0.39 is 6.04 Å². The first kappa shape index (κ1) is 18.7. The summed E-state index contributed by atoms with van der Waals surface area (Å²) in [5.41, 5.74) is 0.271. The summed E-state index contributed by atoms with van der Waals surface area (Å²) in [6.45, 7) is 1.28. The highest BCUT2D eigenvalue weighted by Gasteiger charge is 2.35. The van der Waals surface area contributed by atoms with Crippen molar-refractivity contribution in [3.8, 4) is 5.75 Å². The third-order valence-corrected chi connectivity index (χ3v) is 5.74. The number of para-hydroxylation sites is 1. The molecule has 0 bridgehead atoms. The largest absolute Gasteiger partial charge is 0.507 e. The van der Waals surface area contributed by atoms with Crippen LogP contribution in [0.25, 0.3) is 0 Å². The molecule has 2 fully saturated rings. The number of phenols is 1. The molecule has 1 saturated carbocycles. The Morgan fingerprint density at radius 3 is 2.42 bits per heavy atom. The molecule has 1 aliphatic carbocycles. The van der Waals surface area contributed by atoms with Crippen molar-refractivity contribution in [3.05, 3.63) is 29.8 Å². The van der Waals surface area contributed by atoms with Gasteiger partial charge >= 0.3 is 0 Å². The highest BCUT2D eigenvalue weighted by atomic mass is 16.3. The summed E-state index contributed by atoms with van der Waals surface area (Å²) >= 11 is 0. The van der Waals surface area contributed by atoms with Crippen LogP contribution in [0.4, 0.5) is 0 Å². The fourth-order valence-electron chi connectivity index (χ4n) is 4.20. The van der Waals surface area contributed by atoms with Crippen LogP contribution < -0.4 is 5.32 Å². The van der Waals surface area contributed by atoms with E-state index >= 15 is 0 Å². The summed E-state index contributed by atoms with van der Waals surface area (Å²) in [4.78, 5) is 27.1. The van der Waals surface area contributed by atoms with Crippen molar-refractivity contribution >= 4 is 11.8 Å².